The molecule has 0 aromatic heterocycles. The Balaban J connectivity index is 2.62. The van der Waals surface area contributed by atoms with E-state index in [1.165, 1.54) is 0 Å². The molecule has 0 unspecified atom stereocenters. The molecule has 110 valence electrons. The highest BCUT2D eigenvalue weighted by molar-refractivity contribution is 5.96. The highest BCUT2D eigenvalue weighted by atomic mass is 16.2. The fraction of sp³-hybridized carbons (Fsp3) is 0.500. The van der Waals surface area contributed by atoms with Gasteiger partial charge in [0, 0.05) is 18.7 Å². The van der Waals surface area contributed by atoms with Gasteiger partial charge in [0.1, 0.15) is 0 Å². The van der Waals surface area contributed by atoms with E-state index in [2.05, 4.69) is 5.32 Å². The van der Waals surface area contributed by atoms with Crippen molar-refractivity contribution >= 4 is 17.5 Å². The van der Waals surface area contributed by atoms with Gasteiger partial charge in [-0.05, 0) is 37.5 Å². The third kappa shape index (κ3) is 5.03. The minimum Gasteiger partial charge on any atom is -0.347 e. The molecule has 0 saturated heterocycles. The summed E-state index contributed by atoms with van der Waals surface area (Å²) in [4.78, 5) is 25.4. The second-order valence-corrected chi connectivity index (χ2v) is 5.35. The molecule has 1 rings (SSSR count). The summed E-state index contributed by atoms with van der Waals surface area (Å²) in [5.74, 6) is 0.132. The van der Waals surface area contributed by atoms with E-state index in [0.29, 0.717) is 18.9 Å². The zero-order chi connectivity index (χ0) is 15.1. The van der Waals surface area contributed by atoms with E-state index in [9.17, 15) is 9.59 Å². The molecule has 4 heteroatoms. The molecular formula is C16H24N2O2. The summed E-state index contributed by atoms with van der Waals surface area (Å²) >= 11 is 0. The molecule has 0 saturated carbocycles. The van der Waals surface area contributed by atoms with Gasteiger partial charge in [0.25, 0.3) is 0 Å². The van der Waals surface area contributed by atoms with Crippen molar-refractivity contribution in [2.45, 2.75) is 34.1 Å². The van der Waals surface area contributed by atoms with Crippen molar-refractivity contribution in [1.82, 2.24) is 5.32 Å². The lowest BCUT2D eigenvalue weighted by atomic mass is 10.1. The largest absolute Gasteiger partial charge is 0.347 e. The molecule has 0 atom stereocenters. The summed E-state index contributed by atoms with van der Waals surface area (Å²) < 4.78 is 0. The molecule has 0 aliphatic carbocycles. The lowest BCUT2D eigenvalue weighted by Crippen LogP contribution is -2.40. The van der Waals surface area contributed by atoms with Crippen LogP contribution >= 0.6 is 0 Å². The fourth-order valence-corrected chi connectivity index (χ4v) is 2.01. The quantitative estimate of drug-likeness (QED) is 0.868. The Morgan fingerprint density at radius 2 is 2.00 bits per heavy atom. The first kappa shape index (κ1) is 16.2. The number of likely N-dealkylation sites (N-methyl/N-ethyl adjacent to an activating group) is 1. The maximum atomic E-state index is 12.2. The van der Waals surface area contributed by atoms with Crippen molar-refractivity contribution in [1.29, 1.82) is 0 Å². The number of nitrogens with zero attached hydrogens (tertiary/aromatic N) is 1. The van der Waals surface area contributed by atoms with Crippen LogP contribution in [0.5, 0.6) is 0 Å². The van der Waals surface area contributed by atoms with Gasteiger partial charge in [0.2, 0.25) is 11.8 Å². The van der Waals surface area contributed by atoms with Gasteiger partial charge in [-0.25, -0.2) is 0 Å². The van der Waals surface area contributed by atoms with E-state index in [4.69, 9.17) is 0 Å². The average molecular weight is 276 g/mol. The van der Waals surface area contributed by atoms with Gasteiger partial charge >= 0.3 is 0 Å². The Kier molecular flexibility index (Phi) is 6.22. The van der Waals surface area contributed by atoms with E-state index in [-0.39, 0.29) is 18.4 Å². The summed E-state index contributed by atoms with van der Waals surface area (Å²) in [7, 11) is 0. The Morgan fingerprint density at radius 1 is 1.30 bits per heavy atom. The van der Waals surface area contributed by atoms with Crippen molar-refractivity contribution in [2.24, 2.45) is 5.92 Å². The number of benzene rings is 1. The Hall–Kier alpha value is -1.84. The summed E-state index contributed by atoms with van der Waals surface area (Å²) in [6.45, 7) is 8.51. The van der Waals surface area contributed by atoms with Crippen LogP contribution in [0.1, 0.15) is 32.8 Å². The van der Waals surface area contributed by atoms with Crippen LogP contribution in [-0.4, -0.2) is 24.9 Å². The van der Waals surface area contributed by atoms with Gasteiger partial charge in [-0.3, -0.25) is 9.59 Å². The predicted molar refractivity (Wildman–Crippen MR) is 81.7 cm³/mol. The molecule has 20 heavy (non-hydrogen) atoms. The number of rotatable bonds is 6. The minimum atomic E-state index is -0.0878. The number of nitrogens with one attached hydrogen (secondary N) is 1. The molecule has 0 aliphatic rings. The van der Waals surface area contributed by atoms with Gasteiger partial charge in [-0.15, -0.1) is 0 Å². The lowest BCUT2D eigenvalue weighted by Gasteiger charge is -2.21. The van der Waals surface area contributed by atoms with Crippen molar-refractivity contribution in [2.75, 3.05) is 18.0 Å². The van der Waals surface area contributed by atoms with Crippen molar-refractivity contribution in [3.05, 3.63) is 29.8 Å². The molecule has 0 bridgehead atoms. The maximum Gasteiger partial charge on any atom is 0.246 e. The molecule has 0 fully saturated rings. The molecule has 0 heterocycles. The number of amides is 2. The molecule has 0 radical (unpaired) electrons. The van der Waals surface area contributed by atoms with E-state index >= 15 is 0 Å². The number of anilines is 1. The van der Waals surface area contributed by atoms with E-state index in [1.54, 1.807) is 4.90 Å². The zero-order valence-electron chi connectivity index (χ0n) is 12.8. The van der Waals surface area contributed by atoms with Gasteiger partial charge in [-0.2, -0.15) is 0 Å². The van der Waals surface area contributed by atoms with Crippen LogP contribution in [0.4, 0.5) is 5.69 Å². The molecule has 0 spiro atoms. The minimum absolute atomic E-state index is 0.0489. The van der Waals surface area contributed by atoms with Crippen LogP contribution in [-0.2, 0) is 9.59 Å². The first-order chi connectivity index (χ1) is 9.43. The van der Waals surface area contributed by atoms with Crippen LogP contribution < -0.4 is 10.2 Å². The standard InChI is InChI=1S/C16H24N2O2/c1-5-18(14-8-6-7-13(4)10-14)16(20)11-17-15(19)9-12(2)3/h6-8,10,12H,5,9,11H2,1-4H3,(H,17,19). The maximum absolute atomic E-state index is 12.2. The molecule has 1 N–H and O–H groups in total. The highest BCUT2D eigenvalue weighted by Gasteiger charge is 2.15. The predicted octanol–water partition coefficient (Wildman–Crippen LogP) is 2.51. The Labute approximate surface area is 121 Å². The summed E-state index contributed by atoms with van der Waals surface area (Å²) in [6, 6.07) is 7.80. The molecule has 1 aromatic rings. The van der Waals surface area contributed by atoms with Crippen LogP contribution in [0.25, 0.3) is 0 Å². The van der Waals surface area contributed by atoms with Crippen molar-refractivity contribution < 1.29 is 9.59 Å². The Morgan fingerprint density at radius 3 is 2.55 bits per heavy atom. The Bertz CT molecular complexity index is 469. The molecule has 2 amide bonds. The lowest BCUT2D eigenvalue weighted by molar-refractivity contribution is -0.125. The fourth-order valence-electron chi connectivity index (χ4n) is 2.01. The van der Waals surface area contributed by atoms with Crippen LogP contribution in [0.15, 0.2) is 24.3 Å². The molecule has 0 aliphatic heterocycles. The zero-order valence-corrected chi connectivity index (χ0v) is 12.8. The first-order valence-corrected chi connectivity index (χ1v) is 7.07. The summed E-state index contributed by atoms with van der Waals surface area (Å²) in [5, 5.41) is 2.68. The summed E-state index contributed by atoms with van der Waals surface area (Å²) in [5.41, 5.74) is 1.98. The smallest absolute Gasteiger partial charge is 0.246 e. The van der Waals surface area contributed by atoms with E-state index in [0.717, 1.165) is 11.3 Å². The van der Waals surface area contributed by atoms with Gasteiger partial charge < -0.3 is 10.2 Å². The van der Waals surface area contributed by atoms with E-state index < -0.39 is 0 Å². The number of aryl methyl sites for hydroxylation is 1. The van der Waals surface area contributed by atoms with Gasteiger partial charge in [-0.1, -0.05) is 26.0 Å². The van der Waals surface area contributed by atoms with Crippen molar-refractivity contribution in [3.8, 4) is 0 Å². The monoisotopic (exact) mass is 276 g/mol. The summed E-state index contributed by atoms with van der Waals surface area (Å²) in [6.07, 6.45) is 0.448. The van der Waals surface area contributed by atoms with E-state index in [1.807, 2.05) is 52.0 Å². The second kappa shape index (κ2) is 7.68. The number of carbonyl (C=O) groups is 2. The normalized spacial score (nSPS) is 10.4. The van der Waals surface area contributed by atoms with Crippen molar-refractivity contribution in [3.63, 3.8) is 0 Å². The second-order valence-electron chi connectivity index (χ2n) is 5.35. The van der Waals surface area contributed by atoms with Crippen LogP contribution in [0.2, 0.25) is 0 Å². The topological polar surface area (TPSA) is 49.4 Å². The third-order valence-electron chi connectivity index (χ3n) is 2.96. The number of hydrogen-bond donors (Lipinski definition) is 1. The van der Waals surface area contributed by atoms with Crippen LogP contribution in [0.3, 0.4) is 0 Å². The highest BCUT2D eigenvalue weighted by Crippen LogP contribution is 2.15. The molecule has 1 aromatic carbocycles. The molecular weight excluding hydrogens is 252 g/mol. The average Bonchev–Trinajstić information content (AvgIpc) is 2.36. The SMILES string of the molecule is CCN(C(=O)CNC(=O)CC(C)C)c1cccc(C)c1. The number of carbonyl (C=O) groups excluding carboxylic acids is 2. The third-order valence-corrected chi connectivity index (χ3v) is 2.96. The molecule has 4 nitrogen and oxygen atoms in total. The van der Waals surface area contributed by atoms with Gasteiger partial charge in [0.05, 0.1) is 6.54 Å². The van der Waals surface area contributed by atoms with Gasteiger partial charge in [0.15, 0.2) is 0 Å². The van der Waals surface area contributed by atoms with Crippen LogP contribution in [0, 0.1) is 12.8 Å². The number of hydrogen-bond acceptors (Lipinski definition) is 2. The first-order valence-electron chi connectivity index (χ1n) is 7.07.